The molecule has 0 unspecified atom stereocenters. The van der Waals surface area contributed by atoms with Crippen LogP contribution in [0.25, 0.3) is 0 Å². The Hall–Kier alpha value is -1.88. The first-order chi connectivity index (χ1) is 10.1. The van der Waals surface area contributed by atoms with Gasteiger partial charge in [0.1, 0.15) is 0 Å². The molecular weight excluding hydrogens is 268 g/mol. The highest BCUT2D eigenvalue weighted by molar-refractivity contribution is 5.78. The maximum absolute atomic E-state index is 12.0. The van der Waals surface area contributed by atoms with Crippen LogP contribution in [-0.2, 0) is 16.1 Å². The van der Waals surface area contributed by atoms with E-state index in [2.05, 4.69) is 17.4 Å². The first-order valence-electron chi connectivity index (χ1n) is 7.33. The molecule has 2 rings (SSSR count). The van der Waals surface area contributed by atoms with Gasteiger partial charge in [0, 0.05) is 19.6 Å². The number of carbonyl (C=O) groups excluding carboxylic acids is 1. The molecule has 0 radical (unpaired) electrons. The van der Waals surface area contributed by atoms with Crippen LogP contribution in [0.3, 0.4) is 0 Å². The summed E-state index contributed by atoms with van der Waals surface area (Å²) >= 11 is 0. The zero-order valence-corrected chi connectivity index (χ0v) is 12.3. The Labute approximate surface area is 125 Å². The largest absolute Gasteiger partial charge is 0.481 e. The minimum absolute atomic E-state index is 0.0472. The van der Waals surface area contributed by atoms with Gasteiger partial charge in [-0.1, -0.05) is 29.8 Å². The predicted octanol–water partition coefficient (Wildman–Crippen LogP) is 1.41. The first-order valence-corrected chi connectivity index (χ1v) is 7.33. The van der Waals surface area contributed by atoms with Crippen molar-refractivity contribution in [3.8, 4) is 0 Å². The molecule has 1 amide bonds. The van der Waals surface area contributed by atoms with Crippen molar-refractivity contribution < 1.29 is 14.7 Å². The Morgan fingerprint density at radius 1 is 1.24 bits per heavy atom. The molecular formula is C16H22N2O3. The molecule has 2 N–H and O–H groups in total. The highest BCUT2D eigenvalue weighted by atomic mass is 16.4. The molecule has 0 spiro atoms. The molecule has 1 saturated heterocycles. The third kappa shape index (κ3) is 4.56. The molecule has 0 aromatic heterocycles. The fourth-order valence-electron chi connectivity index (χ4n) is 2.51. The second kappa shape index (κ2) is 7.22. The molecule has 5 heteroatoms. The Bertz CT molecular complexity index is 491. The van der Waals surface area contributed by atoms with Crippen molar-refractivity contribution in [2.45, 2.75) is 26.3 Å². The van der Waals surface area contributed by atoms with E-state index in [0.717, 1.165) is 5.56 Å². The second-order valence-electron chi connectivity index (χ2n) is 5.58. The SMILES string of the molecule is Cc1ccc(CNCC(=O)N2CCC(C(=O)O)CC2)cc1. The molecule has 0 saturated carbocycles. The lowest BCUT2D eigenvalue weighted by molar-refractivity contribution is -0.145. The average molecular weight is 290 g/mol. The zero-order valence-electron chi connectivity index (χ0n) is 12.3. The van der Waals surface area contributed by atoms with Crippen LogP contribution in [0.1, 0.15) is 24.0 Å². The molecule has 0 bridgehead atoms. The fourth-order valence-corrected chi connectivity index (χ4v) is 2.51. The number of benzene rings is 1. The van der Waals surface area contributed by atoms with Crippen molar-refractivity contribution in [3.05, 3.63) is 35.4 Å². The summed E-state index contributed by atoms with van der Waals surface area (Å²) < 4.78 is 0. The van der Waals surface area contributed by atoms with E-state index in [9.17, 15) is 9.59 Å². The van der Waals surface area contributed by atoms with Crippen LogP contribution in [0.15, 0.2) is 24.3 Å². The smallest absolute Gasteiger partial charge is 0.306 e. The van der Waals surface area contributed by atoms with E-state index in [1.54, 1.807) is 4.90 Å². The Morgan fingerprint density at radius 2 is 1.86 bits per heavy atom. The summed E-state index contributed by atoms with van der Waals surface area (Å²) in [5.41, 5.74) is 2.37. The standard InChI is InChI=1S/C16H22N2O3/c1-12-2-4-13(5-3-12)10-17-11-15(19)18-8-6-14(7-9-18)16(20)21/h2-5,14,17H,6-11H2,1H3,(H,20,21). The molecule has 0 atom stereocenters. The van der Waals surface area contributed by atoms with Crippen LogP contribution < -0.4 is 5.32 Å². The minimum Gasteiger partial charge on any atom is -0.481 e. The summed E-state index contributed by atoms with van der Waals surface area (Å²) in [7, 11) is 0. The number of rotatable bonds is 5. The predicted molar refractivity (Wildman–Crippen MR) is 79.8 cm³/mol. The summed E-state index contributed by atoms with van der Waals surface area (Å²) in [6, 6.07) is 8.20. The lowest BCUT2D eigenvalue weighted by atomic mass is 9.97. The molecule has 1 heterocycles. The van der Waals surface area contributed by atoms with E-state index >= 15 is 0 Å². The van der Waals surface area contributed by atoms with Crippen molar-refractivity contribution in [2.24, 2.45) is 5.92 Å². The van der Waals surface area contributed by atoms with Gasteiger partial charge in [0.2, 0.25) is 5.91 Å². The number of carboxylic acids is 1. The molecule has 114 valence electrons. The number of amides is 1. The normalized spacial score (nSPS) is 16.0. The quantitative estimate of drug-likeness (QED) is 0.860. The third-order valence-corrected chi connectivity index (χ3v) is 3.92. The van der Waals surface area contributed by atoms with E-state index < -0.39 is 5.97 Å². The van der Waals surface area contributed by atoms with Gasteiger partial charge in [-0.05, 0) is 25.3 Å². The molecule has 1 fully saturated rings. The van der Waals surface area contributed by atoms with Gasteiger partial charge >= 0.3 is 5.97 Å². The van der Waals surface area contributed by atoms with Crippen molar-refractivity contribution in [2.75, 3.05) is 19.6 Å². The number of piperidine rings is 1. The van der Waals surface area contributed by atoms with E-state index in [1.807, 2.05) is 19.1 Å². The number of carboxylic acid groups (broad SMARTS) is 1. The Balaban J connectivity index is 1.70. The molecule has 1 aromatic rings. The Kier molecular flexibility index (Phi) is 5.33. The van der Waals surface area contributed by atoms with E-state index in [-0.39, 0.29) is 11.8 Å². The van der Waals surface area contributed by atoms with E-state index in [4.69, 9.17) is 5.11 Å². The lowest BCUT2D eigenvalue weighted by Gasteiger charge is -2.30. The van der Waals surface area contributed by atoms with E-state index in [0.29, 0.717) is 39.0 Å². The van der Waals surface area contributed by atoms with Gasteiger partial charge in [-0.2, -0.15) is 0 Å². The van der Waals surface area contributed by atoms with Gasteiger partial charge in [0.05, 0.1) is 12.5 Å². The summed E-state index contributed by atoms with van der Waals surface area (Å²) in [6.45, 7) is 4.09. The van der Waals surface area contributed by atoms with E-state index in [1.165, 1.54) is 5.56 Å². The number of carbonyl (C=O) groups is 2. The number of aryl methyl sites for hydroxylation is 1. The van der Waals surface area contributed by atoms with Gasteiger partial charge < -0.3 is 15.3 Å². The molecule has 1 aromatic carbocycles. The van der Waals surface area contributed by atoms with Gasteiger partial charge in [-0.15, -0.1) is 0 Å². The molecule has 21 heavy (non-hydrogen) atoms. The highest BCUT2D eigenvalue weighted by Crippen LogP contribution is 2.17. The van der Waals surface area contributed by atoms with Crippen LogP contribution in [0.5, 0.6) is 0 Å². The second-order valence-corrected chi connectivity index (χ2v) is 5.58. The van der Waals surface area contributed by atoms with Crippen LogP contribution in [-0.4, -0.2) is 41.5 Å². The van der Waals surface area contributed by atoms with Crippen molar-refractivity contribution >= 4 is 11.9 Å². The highest BCUT2D eigenvalue weighted by Gasteiger charge is 2.26. The maximum Gasteiger partial charge on any atom is 0.306 e. The number of nitrogens with one attached hydrogen (secondary N) is 1. The third-order valence-electron chi connectivity index (χ3n) is 3.92. The molecule has 5 nitrogen and oxygen atoms in total. The Morgan fingerprint density at radius 3 is 2.43 bits per heavy atom. The van der Waals surface area contributed by atoms with Crippen molar-refractivity contribution in [3.63, 3.8) is 0 Å². The summed E-state index contributed by atoms with van der Waals surface area (Å²) in [4.78, 5) is 24.7. The molecule has 1 aliphatic heterocycles. The van der Waals surface area contributed by atoms with Crippen LogP contribution in [0.2, 0.25) is 0 Å². The van der Waals surface area contributed by atoms with Gasteiger partial charge in [0.15, 0.2) is 0 Å². The minimum atomic E-state index is -0.750. The number of hydrogen-bond donors (Lipinski definition) is 2. The van der Waals surface area contributed by atoms with Gasteiger partial charge in [0.25, 0.3) is 0 Å². The fraction of sp³-hybridized carbons (Fsp3) is 0.500. The van der Waals surface area contributed by atoms with Crippen LogP contribution in [0, 0.1) is 12.8 Å². The lowest BCUT2D eigenvalue weighted by Crippen LogP contribution is -2.43. The van der Waals surface area contributed by atoms with Gasteiger partial charge in [-0.25, -0.2) is 0 Å². The number of likely N-dealkylation sites (tertiary alicyclic amines) is 1. The molecule has 0 aliphatic carbocycles. The number of aliphatic carboxylic acids is 1. The molecule has 1 aliphatic rings. The first kappa shape index (κ1) is 15.5. The summed E-state index contributed by atoms with van der Waals surface area (Å²) in [5, 5.41) is 12.1. The maximum atomic E-state index is 12.0. The summed E-state index contributed by atoms with van der Waals surface area (Å²) in [5.74, 6) is -1.000. The monoisotopic (exact) mass is 290 g/mol. The summed E-state index contributed by atoms with van der Waals surface area (Å²) in [6.07, 6.45) is 1.11. The van der Waals surface area contributed by atoms with Crippen LogP contribution in [0.4, 0.5) is 0 Å². The average Bonchev–Trinajstić information content (AvgIpc) is 2.49. The number of hydrogen-bond acceptors (Lipinski definition) is 3. The van der Waals surface area contributed by atoms with Gasteiger partial charge in [-0.3, -0.25) is 9.59 Å². The number of nitrogens with zero attached hydrogens (tertiary/aromatic N) is 1. The van der Waals surface area contributed by atoms with Crippen molar-refractivity contribution in [1.29, 1.82) is 0 Å². The van der Waals surface area contributed by atoms with Crippen molar-refractivity contribution in [1.82, 2.24) is 10.2 Å². The zero-order chi connectivity index (χ0) is 15.2. The topological polar surface area (TPSA) is 69.6 Å². The van der Waals surface area contributed by atoms with Crippen LogP contribution >= 0.6 is 0 Å².